The molecule has 4 nitrogen and oxygen atoms in total. The molecule has 0 amide bonds. The van der Waals surface area contributed by atoms with E-state index in [1.54, 1.807) is 0 Å². The average molecular weight is 76.1 g/mol. The first-order valence-electron chi connectivity index (χ1n) is 1.06. The molecule has 0 heterocycles. The van der Waals surface area contributed by atoms with Gasteiger partial charge in [0.1, 0.15) is 0 Å². The Labute approximate surface area is 29.6 Å². The Kier molecular flexibility index (Phi) is 1.14. The van der Waals surface area contributed by atoms with Crippen LogP contribution in [0.5, 0.6) is 0 Å². The quantitative estimate of drug-likeness (QED) is 0.0788. The van der Waals surface area contributed by atoms with Gasteiger partial charge in [0, 0.05) is 0 Å². The highest BCUT2D eigenvalue weighted by Gasteiger charge is 1.62. The van der Waals surface area contributed by atoms with Gasteiger partial charge in [0.25, 0.3) is 0 Å². The summed E-state index contributed by atoms with van der Waals surface area (Å²) in [5.74, 6) is 4.42. The molecule has 0 spiro atoms. The highest BCUT2D eigenvalue weighted by Crippen LogP contribution is 1.31. The monoisotopic (exact) mass is 76.1 g/mol. The van der Waals surface area contributed by atoms with E-state index in [-0.39, 0.29) is 5.96 Å². The van der Waals surface area contributed by atoms with E-state index in [1.807, 2.05) is 0 Å². The van der Waals surface area contributed by atoms with Gasteiger partial charge in [-0.3, -0.25) is 0 Å². The lowest BCUT2D eigenvalue weighted by molar-refractivity contribution is 1.21. The number of nitrogens with two attached hydrogens (primary N) is 3. The van der Waals surface area contributed by atoms with Crippen molar-refractivity contribution < 1.29 is 0 Å². The van der Waals surface area contributed by atoms with Gasteiger partial charge in [0.05, 0.1) is 0 Å². The maximum atomic E-state index is 4.69. The summed E-state index contributed by atoms with van der Waals surface area (Å²) in [7, 11) is 0. The fourth-order valence-corrected chi connectivity index (χ4v) is 0. The van der Waals surface area contributed by atoms with Crippen LogP contribution in [0.4, 0.5) is 0 Å². The number of rotatable bonds is 0. The first-order chi connectivity index (χ1) is 2.27. The Morgan fingerprint density at radius 1 is 1.40 bits per heavy atom. The Morgan fingerprint density at radius 3 is 1.60 bits per heavy atom. The normalized spacial score (nSPS) is 6.40. The molecule has 0 aliphatic heterocycles. The van der Waals surface area contributed by atoms with E-state index in [2.05, 4.69) is 10.9 Å². The van der Waals surface area contributed by atoms with Crippen molar-refractivity contribution in [3.8, 4) is 0 Å². The smallest absolute Gasteiger partial charge is 0.208 e. The summed E-state index contributed by atoms with van der Waals surface area (Å²) in [6.45, 7) is 0. The molecule has 30 valence electrons. The van der Waals surface area contributed by atoms with Gasteiger partial charge in [-0.1, -0.05) is 0 Å². The second-order valence-electron chi connectivity index (χ2n) is 0.554. The average Bonchev–Trinajstić information content (AvgIpc) is 1.38. The van der Waals surface area contributed by atoms with Crippen molar-refractivity contribution in [3.05, 3.63) is 0 Å². The Hall–Kier alpha value is -0.930. The van der Waals surface area contributed by atoms with Gasteiger partial charge in [-0.2, -0.15) is 0 Å². The van der Waals surface area contributed by atoms with Crippen LogP contribution in [0.2, 0.25) is 0 Å². The molecular formula is CH6N4. The Morgan fingerprint density at radius 2 is 1.60 bits per heavy atom. The topological polar surface area (TPSA) is 90.4 Å². The summed E-state index contributed by atoms with van der Waals surface area (Å²) in [5.41, 5.74) is 9.39. The third-order valence-electron chi connectivity index (χ3n) is 0.149. The number of hydrogen-bond acceptors (Lipinski definition) is 2. The van der Waals surface area contributed by atoms with Crippen LogP contribution < -0.4 is 17.3 Å². The van der Waals surface area contributed by atoms with E-state index < -0.39 is 0 Å². The van der Waals surface area contributed by atoms with E-state index in [0.29, 0.717) is 0 Å². The van der Waals surface area contributed by atoms with Crippen molar-refractivity contribution in [1.29, 1.82) is 0 Å². The molecule has 0 saturated carbocycles. The van der Waals surface area contributed by atoms with Crippen molar-refractivity contribution in [2.45, 2.75) is 0 Å². The minimum Gasteiger partial charge on any atom is -0.369 e. The summed E-state index contributed by atoms with van der Waals surface area (Å²) in [4.78, 5) is 0. The lowest BCUT2D eigenvalue weighted by Gasteiger charge is -1.76. The highest BCUT2D eigenvalue weighted by atomic mass is 15.7. The molecule has 0 rings (SSSR count). The maximum Gasteiger partial charge on any atom is 0.208 e. The summed E-state index contributed by atoms with van der Waals surface area (Å²) < 4.78 is 0. The molecule has 0 aromatic heterocycles. The van der Waals surface area contributed by atoms with Gasteiger partial charge in [0.2, 0.25) is 5.96 Å². The van der Waals surface area contributed by atoms with Gasteiger partial charge in [0.15, 0.2) is 0 Å². The molecule has 0 aliphatic carbocycles. The summed E-state index contributed by atoms with van der Waals surface area (Å²) in [6.07, 6.45) is 0. The van der Waals surface area contributed by atoms with Crippen molar-refractivity contribution in [2.24, 2.45) is 22.4 Å². The minimum atomic E-state index is -0.0926. The molecule has 0 unspecified atom stereocenters. The molecule has 0 saturated heterocycles. The van der Waals surface area contributed by atoms with Crippen molar-refractivity contribution in [1.82, 2.24) is 0 Å². The molecule has 0 fully saturated rings. The molecule has 0 aliphatic rings. The first kappa shape index (κ1) is 4.07. The van der Waals surface area contributed by atoms with E-state index in [1.165, 1.54) is 0 Å². The Bertz CT molecular complexity index is 41.6. The zero-order chi connectivity index (χ0) is 4.28. The number of hydrazone groups is 1. The van der Waals surface area contributed by atoms with E-state index >= 15 is 0 Å². The standard InChI is InChI=1S/CH6N4/c2-1(3)5-4/h4H2,(H4,2,3,5)/i1+1,4+1. The first-order valence-corrected chi connectivity index (χ1v) is 1.06. The fourth-order valence-electron chi connectivity index (χ4n) is 0. The van der Waals surface area contributed by atoms with Crippen LogP contribution in [0.3, 0.4) is 0 Å². The number of hydrogen-bond donors (Lipinski definition) is 3. The second kappa shape index (κ2) is 1.40. The molecule has 0 bridgehead atoms. The van der Waals surface area contributed by atoms with E-state index in [4.69, 9.17) is 11.5 Å². The zero-order valence-corrected chi connectivity index (χ0v) is 2.68. The zero-order valence-electron chi connectivity index (χ0n) is 2.68. The van der Waals surface area contributed by atoms with Crippen LogP contribution in [0.25, 0.3) is 0 Å². The maximum absolute atomic E-state index is 4.69. The summed E-state index contributed by atoms with van der Waals surface area (Å²) >= 11 is 0. The van der Waals surface area contributed by atoms with Crippen LogP contribution in [0.15, 0.2) is 5.10 Å². The Balaban J connectivity index is 3.14. The third-order valence-corrected chi connectivity index (χ3v) is 0.149. The van der Waals surface area contributed by atoms with Gasteiger partial charge in [-0.05, 0) is 0 Å². The molecule has 0 atom stereocenters. The predicted molar refractivity (Wildman–Crippen MR) is 20.0 cm³/mol. The van der Waals surface area contributed by atoms with Gasteiger partial charge < -0.3 is 17.3 Å². The van der Waals surface area contributed by atoms with Crippen molar-refractivity contribution in [2.75, 3.05) is 0 Å². The molecule has 5 heavy (non-hydrogen) atoms. The lowest BCUT2D eigenvalue weighted by atomic mass is 11.8. The highest BCUT2D eigenvalue weighted by molar-refractivity contribution is 5.75. The summed E-state index contributed by atoms with van der Waals surface area (Å²) in [5, 5.41) is 2.86. The molecule has 0 aromatic rings. The molecule has 0 aromatic carbocycles. The predicted octanol–water partition coefficient (Wildman–Crippen LogP) is -1.87. The minimum absolute atomic E-state index is 0.0926. The molecular weight excluding hydrogens is 70.0 g/mol. The van der Waals surface area contributed by atoms with Crippen LogP contribution in [0.1, 0.15) is 0 Å². The van der Waals surface area contributed by atoms with Crippen molar-refractivity contribution in [3.63, 3.8) is 0 Å². The number of nitrogens with zero attached hydrogens (tertiary/aromatic N) is 1. The van der Waals surface area contributed by atoms with Gasteiger partial charge in [-0.15, -0.1) is 5.10 Å². The summed E-state index contributed by atoms with van der Waals surface area (Å²) in [6, 6.07) is 0. The van der Waals surface area contributed by atoms with E-state index in [9.17, 15) is 0 Å². The molecule has 6 N–H and O–H groups in total. The van der Waals surface area contributed by atoms with E-state index in [0.717, 1.165) is 0 Å². The third kappa shape index (κ3) is 3.07. The van der Waals surface area contributed by atoms with Crippen LogP contribution in [-0.4, -0.2) is 5.96 Å². The molecule has 4 heteroatoms. The second-order valence-corrected chi connectivity index (χ2v) is 0.554. The fraction of sp³-hybridized carbons (Fsp3) is 0. The lowest BCUT2D eigenvalue weighted by Crippen LogP contribution is -2.23. The molecule has 0 radical (unpaired) electrons. The largest absolute Gasteiger partial charge is 0.369 e. The number of guanidine groups is 1. The van der Waals surface area contributed by atoms with Gasteiger partial charge in [-0.25, -0.2) is 0 Å². The van der Waals surface area contributed by atoms with Crippen LogP contribution >= 0.6 is 0 Å². The van der Waals surface area contributed by atoms with Crippen LogP contribution in [0, 0.1) is 0 Å². The van der Waals surface area contributed by atoms with Gasteiger partial charge >= 0.3 is 0 Å². The van der Waals surface area contributed by atoms with Crippen molar-refractivity contribution >= 4 is 5.96 Å². The van der Waals surface area contributed by atoms with Crippen LogP contribution in [-0.2, 0) is 0 Å². The SMILES string of the molecule is N[13C](N)=N[15NH2].